The SMILES string of the molecule is COc1cc([N+](=O)[O-])ccc1-c1ccc(/C=C2/SC(=S)N(c3ccccc3F)C2=O)o1. The number of thioether (sulfide) groups is 1. The number of anilines is 1. The lowest BCUT2D eigenvalue weighted by Gasteiger charge is -2.14. The van der Waals surface area contributed by atoms with Gasteiger partial charge in [-0.3, -0.25) is 19.8 Å². The fourth-order valence-electron chi connectivity index (χ4n) is 3.01. The average molecular weight is 456 g/mol. The van der Waals surface area contributed by atoms with Crippen LogP contribution in [0.25, 0.3) is 17.4 Å². The number of carbonyl (C=O) groups is 1. The number of hydrogen-bond acceptors (Lipinski definition) is 7. The average Bonchev–Trinajstić information content (AvgIpc) is 3.32. The second kappa shape index (κ2) is 8.32. The van der Waals surface area contributed by atoms with Crippen LogP contribution in [0.15, 0.2) is 63.9 Å². The van der Waals surface area contributed by atoms with Crippen molar-refractivity contribution in [3.63, 3.8) is 0 Å². The van der Waals surface area contributed by atoms with E-state index in [9.17, 15) is 19.3 Å². The third kappa shape index (κ3) is 3.94. The molecule has 0 atom stereocenters. The molecule has 0 spiro atoms. The van der Waals surface area contributed by atoms with Gasteiger partial charge >= 0.3 is 0 Å². The van der Waals surface area contributed by atoms with E-state index >= 15 is 0 Å². The van der Waals surface area contributed by atoms with Gasteiger partial charge in [-0.1, -0.05) is 36.1 Å². The minimum atomic E-state index is -0.550. The zero-order valence-corrected chi connectivity index (χ0v) is 17.5. The van der Waals surface area contributed by atoms with Crippen LogP contribution < -0.4 is 9.64 Å². The summed E-state index contributed by atoms with van der Waals surface area (Å²) < 4.78 is 25.4. The van der Waals surface area contributed by atoms with E-state index in [1.165, 1.54) is 49.6 Å². The van der Waals surface area contributed by atoms with Gasteiger partial charge in [0.25, 0.3) is 11.6 Å². The standard InChI is InChI=1S/C21H13FN2O5S2/c1-28-18-10-12(24(26)27)6-8-14(18)17-9-7-13(29-17)11-19-20(25)23(21(30)31-19)16-5-3-2-4-15(16)22/h2-11H,1H3/b19-11+. The zero-order valence-electron chi connectivity index (χ0n) is 15.9. The Morgan fingerprint density at radius 1 is 1.23 bits per heavy atom. The second-order valence-electron chi connectivity index (χ2n) is 6.31. The predicted octanol–water partition coefficient (Wildman–Crippen LogP) is 5.41. The Balaban J connectivity index is 1.64. The van der Waals surface area contributed by atoms with Crippen molar-refractivity contribution >= 4 is 51.7 Å². The molecular weight excluding hydrogens is 443 g/mol. The molecule has 0 aliphatic carbocycles. The second-order valence-corrected chi connectivity index (χ2v) is 7.99. The quantitative estimate of drug-likeness (QED) is 0.220. The predicted molar refractivity (Wildman–Crippen MR) is 119 cm³/mol. The van der Waals surface area contributed by atoms with E-state index in [1.54, 1.807) is 18.2 Å². The van der Waals surface area contributed by atoms with Crippen molar-refractivity contribution in [3.05, 3.63) is 81.2 Å². The van der Waals surface area contributed by atoms with Crippen molar-refractivity contribution in [2.45, 2.75) is 0 Å². The fourth-order valence-corrected chi connectivity index (χ4v) is 4.27. The van der Waals surface area contributed by atoms with Gasteiger partial charge in [-0.25, -0.2) is 4.39 Å². The molecule has 7 nitrogen and oxygen atoms in total. The number of nitro benzene ring substituents is 1. The van der Waals surface area contributed by atoms with Crippen LogP contribution in [0.2, 0.25) is 0 Å². The first-order valence-corrected chi connectivity index (χ1v) is 10.1. The van der Waals surface area contributed by atoms with Gasteiger partial charge in [0.15, 0.2) is 4.32 Å². The number of nitrogens with zero attached hydrogens (tertiary/aromatic N) is 2. The Kier molecular flexibility index (Phi) is 5.57. The van der Waals surface area contributed by atoms with Crippen LogP contribution in [-0.4, -0.2) is 22.3 Å². The van der Waals surface area contributed by atoms with Gasteiger partial charge in [0, 0.05) is 12.1 Å². The van der Waals surface area contributed by atoms with Gasteiger partial charge < -0.3 is 9.15 Å². The third-order valence-corrected chi connectivity index (χ3v) is 5.75. The summed E-state index contributed by atoms with van der Waals surface area (Å²) in [5.74, 6) is 0.0459. The molecule has 2 aromatic carbocycles. The topological polar surface area (TPSA) is 85.8 Å². The fraction of sp³-hybridized carbons (Fsp3) is 0.0476. The molecular formula is C21H13FN2O5S2. The van der Waals surface area contributed by atoms with Crippen molar-refractivity contribution in [3.8, 4) is 17.1 Å². The monoisotopic (exact) mass is 456 g/mol. The summed E-state index contributed by atoms with van der Waals surface area (Å²) in [6, 6.07) is 13.4. The largest absolute Gasteiger partial charge is 0.496 e. The molecule has 1 amide bonds. The van der Waals surface area contributed by atoms with Crippen LogP contribution in [0.4, 0.5) is 15.8 Å². The minimum absolute atomic E-state index is 0.0872. The van der Waals surface area contributed by atoms with Crippen molar-refractivity contribution in [2.75, 3.05) is 12.0 Å². The summed E-state index contributed by atoms with van der Waals surface area (Å²) in [7, 11) is 1.40. The Bertz CT molecular complexity index is 1250. The number of para-hydroxylation sites is 1. The van der Waals surface area contributed by atoms with Crippen LogP contribution in [-0.2, 0) is 4.79 Å². The van der Waals surface area contributed by atoms with Crippen molar-refractivity contribution < 1.29 is 23.3 Å². The number of hydrogen-bond donors (Lipinski definition) is 0. The molecule has 31 heavy (non-hydrogen) atoms. The number of nitro groups is 1. The first-order valence-electron chi connectivity index (χ1n) is 8.84. The number of benzene rings is 2. The maximum Gasteiger partial charge on any atom is 0.273 e. The molecule has 10 heteroatoms. The number of ether oxygens (including phenoxy) is 1. The number of thiocarbonyl (C=S) groups is 1. The molecule has 1 aliphatic rings. The molecule has 2 heterocycles. The van der Waals surface area contributed by atoms with Gasteiger partial charge in [-0.15, -0.1) is 0 Å². The molecule has 0 radical (unpaired) electrons. The van der Waals surface area contributed by atoms with E-state index in [0.29, 0.717) is 17.1 Å². The van der Waals surface area contributed by atoms with Crippen LogP contribution in [0.5, 0.6) is 5.75 Å². The molecule has 3 aromatic rings. The zero-order chi connectivity index (χ0) is 22.1. The smallest absolute Gasteiger partial charge is 0.273 e. The van der Waals surface area contributed by atoms with Gasteiger partial charge in [0.05, 0.1) is 34.3 Å². The molecule has 156 valence electrons. The molecule has 1 aromatic heterocycles. The van der Waals surface area contributed by atoms with Gasteiger partial charge in [-0.2, -0.15) is 0 Å². The number of rotatable bonds is 5. The van der Waals surface area contributed by atoms with Crippen LogP contribution in [0.3, 0.4) is 0 Å². The normalized spacial score (nSPS) is 15.0. The molecule has 1 fully saturated rings. The molecule has 1 aliphatic heterocycles. The molecule has 0 bridgehead atoms. The molecule has 0 saturated carbocycles. The number of carbonyl (C=O) groups excluding carboxylic acids is 1. The Morgan fingerprint density at radius 3 is 2.71 bits per heavy atom. The molecule has 4 rings (SSSR count). The Hall–Kier alpha value is -3.50. The number of furan rings is 1. The number of halogens is 1. The Labute approximate surface area is 185 Å². The van der Waals surface area contributed by atoms with Gasteiger partial charge in [0.2, 0.25) is 0 Å². The van der Waals surface area contributed by atoms with E-state index in [1.807, 2.05) is 0 Å². The summed E-state index contributed by atoms with van der Waals surface area (Å²) in [4.78, 5) is 24.7. The highest BCUT2D eigenvalue weighted by molar-refractivity contribution is 8.27. The summed E-state index contributed by atoms with van der Waals surface area (Å²) >= 11 is 6.30. The number of methoxy groups -OCH3 is 1. The van der Waals surface area contributed by atoms with E-state index in [4.69, 9.17) is 21.4 Å². The van der Waals surface area contributed by atoms with Gasteiger partial charge in [-0.05, 0) is 30.3 Å². The molecule has 0 unspecified atom stereocenters. The summed E-state index contributed by atoms with van der Waals surface area (Å²) in [6.07, 6.45) is 1.52. The van der Waals surface area contributed by atoms with Crippen LogP contribution in [0.1, 0.15) is 5.76 Å². The lowest BCUT2D eigenvalue weighted by atomic mass is 10.1. The van der Waals surface area contributed by atoms with E-state index in [2.05, 4.69) is 0 Å². The van der Waals surface area contributed by atoms with E-state index in [0.717, 1.165) is 16.7 Å². The van der Waals surface area contributed by atoms with Crippen molar-refractivity contribution in [2.24, 2.45) is 0 Å². The highest BCUT2D eigenvalue weighted by Crippen LogP contribution is 2.38. The highest BCUT2D eigenvalue weighted by atomic mass is 32.2. The molecule has 0 N–H and O–H groups in total. The van der Waals surface area contributed by atoms with Crippen molar-refractivity contribution in [1.29, 1.82) is 0 Å². The first kappa shape index (κ1) is 20.8. The summed E-state index contributed by atoms with van der Waals surface area (Å²) in [6.45, 7) is 0. The molecule has 1 saturated heterocycles. The lowest BCUT2D eigenvalue weighted by molar-refractivity contribution is -0.384. The highest BCUT2D eigenvalue weighted by Gasteiger charge is 2.35. The van der Waals surface area contributed by atoms with Crippen molar-refractivity contribution in [1.82, 2.24) is 0 Å². The van der Waals surface area contributed by atoms with Crippen LogP contribution in [0, 0.1) is 15.9 Å². The lowest BCUT2D eigenvalue weighted by Crippen LogP contribution is -2.28. The minimum Gasteiger partial charge on any atom is -0.496 e. The van der Waals surface area contributed by atoms with Crippen LogP contribution >= 0.6 is 24.0 Å². The first-order chi connectivity index (χ1) is 14.9. The third-order valence-electron chi connectivity index (χ3n) is 4.45. The Morgan fingerprint density at radius 2 is 2.00 bits per heavy atom. The summed E-state index contributed by atoms with van der Waals surface area (Å²) in [5.41, 5.74) is 0.500. The van der Waals surface area contributed by atoms with E-state index in [-0.39, 0.29) is 26.3 Å². The number of amides is 1. The maximum atomic E-state index is 14.1. The van der Waals surface area contributed by atoms with Gasteiger partial charge in [0.1, 0.15) is 23.1 Å². The van der Waals surface area contributed by atoms with E-state index < -0.39 is 16.6 Å². The maximum absolute atomic E-state index is 14.1. The number of non-ortho nitro benzene ring substituents is 1. The summed E-state index contributed by atoms with van der Waals surface area (Å²) in [5, 5.41) is 11.0.